The highest BCUT2D eigenvalue weighted by atomic mass is 16.3. The van der Waals surface area contributed by atoms with Crippen LogP contribution in [0.4, 0.5) is 0 Å². The summed E-state index contributed by atoms with van der Waals surface area (Å²) in [6, 6.07) is 0. The molecule has 0 aliphatic heterocycles. The fourth-order valence-electron chi connectivity index (χ4n) is 7.74. The fourth-order valence-corrected chi connectivity index (χ4v) is 7.74. The molecule has 4 heteroatoms. The van der Waals surface area contributed by atoms with Crippen LogP contribution in [0.3, 0.4) is 0 Å². The Balaban J connectivity index is 1.73. The van der Waals surface area contributed by atoms with E-state index in [1.165, 1.54) is 0 Å². The molecule has 3 N–H and O–H groups in total. The second-order valence-corrected chi connectivity index (χ2v) is 9.92. The van der Waals surface area contributed by atoms with E-state index in [1.54, 1.807) is 0 Å². The van der Waals surface area contributed by atoms with Gasteiger partial charge < -0.3 is 15.3 Å². The van der Waals surface area contributed by atoms with Gasteiger partial charge in [-0.2, -0.15) is 0 Å². The summed E-state index contributed by atoms with van der Waals surface area (Å²) >= 11 is 0. The van der Waals surface area contributed by atoms with E-state index in [1.807, 2.05) is 6.92 Å². The number of carbonyl (C=O) groups is 1. The Morgan fingerprint density at radius 2 is 1.75 bits per heavy atom. The minimum Gasteiger partial charge on any atom is -0.395 e. The van der Waals surface area contributed by atoms with E-state index >= 15 is 0 Å². The Morgan fingerprint density at radius 3 is 2.42 bits per heavy atom. The molecule has 5 saturated carbocycles. The Kier molecular flexibility index (Phi) is 3.57. The molecule has 0 radical (unpaired) electrons. The van der Waals surface area contributed by atoms with Gasteiger partial charge in [-0.3, -0.25) is 4.79 Å². The molecule has 4 nitrogen and oxygen atoms in total. The Bertz CT molecular complexity index is 562. The van der Waals surface area contributed by atoms with Crippen molar-refractivity contribution < 1.29 is 20.1 Å². The van der Waals surface area contributed by atoms with Gasteiger partial charge in [0.25, 0.3) is 0 Å². The fraction of sp³-hybridized carbons (Fsp3) is 0.950. The zero-order chi connectivity index (χ0) is 17.4. The van der Waals surface area contributed by atoms with Crippen LogP contribution in [0.1, 0.15) is 65.2 Å². The van der Waals surface area contributed by atoms with Crippen molar-refractivity contribution in [2.75, 3.05) is 13.2 Å². The van der Waals surface area contributed by atoms with Gasteiger partial charge in [0.15, 0.2) is 0 Å². The van der Waals surface area contributed by atoms with E-state index in [9.17, 15) is 20.1 Å². The number of aliphatic hydroxyl groups is 3. The molecule has 0 aromatic heterocycles. The average Bonchev–Trinajstić information content (AvgIpc) is 2.58. The van der Waals surface area contributed by atoms with Crippen LogP contribution in [0.25, 0.3) is 0 Å². The number of rotatable bonds is 2. The molecule has 2 bridgehead atoms. The molecule has 7 atom stereocenters. The molecule has 0 aromatic carbocycles. The van der Waals surface area contributed by atoms with Crippen molar-refractivity contribution in [1.82, 2.24) is 0 Å². The zero-order valence-corrected chi connectivity index (χ0v) is 15.1. The van der Waals surface area contributed by atoms with Gasteiger partial charge in [0.2, 0.25) is 0 Å². The SMILES string of the molecule is C[C@@]12CCC(=O)[C@@](C)(CO)[C@H]1CC[C@@]13CC[C@@H](C[C@H]12)[C@](O)(CO)C3. The number of carbonyl (C=O) groups excluding carboxylic acids is 1. The van der Waals surface area contributed by atoms with E-state index < -0.39 is 11.0 Å². The quantitative estimate of drug-likeness (QED) is 0.723. The first-order valence-electron chi connectivity index (χ1n) is 9.71. The van der Waals surface area contributed by atoms with E-state index in [0.717, 1.165) is 44.9 Å². The molecule has 136 valence electrons. The van der Waals surface area contributed by atoms with Crippen LogP contribution in [-0.4, -0.2) is 39.9 Å². The molecule has 5 aliphatic rings. The number of aliphatic hydroxyl groups excluding tert-OH is 2. The normalized spacial score (nSPS) is 56.7. The van der Waals surface area contributed by atoms with Gasteiger partial charge in [0.1, 0.15) is 5.78 Å². The summed E-state index contributed by atoms with van der Waals surface area (Å²) in [4.78, 5) is 12.6. The molecular weight excluding hydrogens is 304 g/mol. The lowest BCUT2D eigenvalue weighted by atomic mass is 9.35. The van der Waals surface area contributed by atoms with Crippen molar-refractivity contribution in [1.29, 1.82) is 0 Å². The standard InChI is InChI=1S/C20H32O4/c1-17-6-5-16(23)18(2,11-21)14(17)4-8-19-7-3-13(9-15(17)19)20(24,10-19)12-22/h13-15,21-22,24H,3-12H2,1-2H3/t13-,14-,15-,17+,18-,19+,20+/m0/s1. The Labute approximate surface area is 144 Å². The van der Waals surface area contributed by atoms with Gasteiger partial charge in [-0.15, -0.1) is 0 Å². The molecule has 0 aromatic rings. The average molecular weight is 336 g/mol. The van der Waals surface area contributed by atoms with E-state index in [0.29, 0.717) is 12.3 Å². The minimum absolute atomic E-state index is 0.0458. The third-order valence-electron chi connectivity index (χ3n) is 9.09. The maximum Gasteiger partial charge on any atom is 0.141 e. The van der Waals surface area contributed by atoms with Crippen LogP contribution in [0.15, 0.2) is 0 Å². The highest BCUT2D eigenvalue weighted by Gasteiger charge is 2.68. The summed E-state index contributed by atoms with van der Waals surface area (Å²) in [6.07, 6.45) is 7.34. The maximum absolute atomic E-state index is 12.6. The number of hydrogen-bond acceptors (Lipinski definition) is 4. The van der Waals surface area contributed by atoms with Gasteiger partial charge in [0.05, 0.1) is 24.2 Å². The third-order valence-corrected chi connectivity index (χ3v) is 9.09. The molecule has 5 fully saturated rings. The van der Waals surface area contributed by atoms with E-state index in [-0.39, 0.29) is 41.7 Å². The summed E-state index contributed by atoms with van der Waals surface area (Å²) in [5.74, 6) is 1.17. The van der Waals surface area contributed by atoms with Crippen LogP contribution in [0.5, 0.6) is 0 Å². The molecule has 5 rings (SSSR count). The van der Waals surface area contributed by atoms with Crippen LogP contribution in [0.2, 0.25) is 0 Å². The second kappa shape index (κ2) is 5.05. The van der Waals surface area contributed by atoms with E-state index in [4.69, 9.17) is 0 Å². The van der Waals surface area contributed by atoms with Gasteiger partial charge in [0, 0.05) is 6.42 Å². The molecule has 0 heterocycles. The number of ketones is 1. The topological polar surface area (TPSA) is 77.8 Å². The lowest BCUT2D eigenvalue weighted by Gasteiger charge is -2.69. The van der Waals surface area contributed by atoms with Crippen LogP contribution in [-0.2, 0) is 4.79 Å². The molecule has 1 spiro atoms. The lowest BCUT2D eigenvalue weighted by molar-refractivity contribution is -0.243. The smallest absolute Gasteiger partial charge is 0.141 e. The third kappa shape index (κ3) is 1.88. The van der Waals surface area contributed by atoms with Gasteiger partial charge in [-0.1, -0.05) is 13.8 Å². The Hall–Kier alpha value is -0.450. The van der Waals surface area contributed by atoms with E-state index in [2.05, 4.69) is 6.92 Å². The van der Waals surface area contributed by atoms with Crippen LogP contribution >= 0.6 is 0 Å². The van der Waals surface area contributed by atoms with Crippen molar-refractivity contribution >= 4 is 5.78 Å². The predicted octanol–water partition coefficient (Wildman–Crippen LogP) is 2.29. The van der Waals surface area contributed by atoms with Crippen molar-refractivity contribution in [2.45, 2.75) is 70.8 Å². The predicted molar refractivity (Wildman–Crippen MR) is 90.2 cm³/mol. The molecule has 0 amide bonds. The largest absolute Gasteiger partial charge is 0.395 e. The molecular formula is C20H32O4. The minimum atomic E-state index is -0.900. The zero-order valence-electron chi connectivity index (χ0n) is 15.1. The monoisotopic (exact) mass is 336 g/mol. The summed E-state index contributed by atoms with van der Waals surface area (Å²) in [7, 11) is 0. The van der Waals surface area contributed by atoms with Crippen LogP contribution in [0, 0.1) is 34.0 Å². The summed E-state index contributed by atoms with van der Waals surface area (Å²) in [5, 5.41) is 30.7. The highest BCUT2D eigenvalue weighted by Crippen LogP contribution is 2.72. The summed E-state index contributed by atoms with van der Waals surface area (Å²) in [6.45, 7) is 4.15. The first-order chi connectivity index (χ1) is 11.2. The van der Waals surface area contributed by atoms with Crippen LogP contribution < -0.4 is 0 Å². The molecule has 0 unspecified atom stereocenters. The second-order valence-electron chi connectivity index (χ2n) is 9.92. The number of hydrogen-bond donors (Lipinski definition) is 3. The summed E-state index contributed by atoms with van der Waals surface area (Å²) < 4.78 is 0. The summed E-state index contributed by atoms with van der Waals surface area (Å²) in [5.41, 5.74) is -1.31. The highest BCUT2D eigenvalue weighted by molar-refractivity contribution is 5.86. The van der Waals surface area contributed by atoms with Gasteiger partial charge >= 0.3 is 0 Å². The first kappa shape index (κ1) is 17.0. The van der Waals surface area contributed by atoms with Crippen molar-refractivity contribution in [3.8, 4) is 0 Å². The Morgan fingerprint density at radius 1 is 1.04 bits per heavy atom. The number of fused-ring (bicyclic) bond motifs is 3. The molecule has 24 heavy (non-hydrogen) atoms. The van der Waals surface area contributed by atoms with Crippen molar-refractivity contribution in [3.05, 3.63) is 0 Å². The maximum atomic E-state index is 12.6. The molecule has 0 saturated heterocycles. The number of Topliss-reactive ketones (excluding diaryl/α,β-unsaturated/α-hetero) is 1. The lowest BCUT2D eigenvalue weighted by Crippen LogP contribution is -2.67. The van der Waals surface area contributed by atoms with Crippen molar-refractivity contribution in [3.63, 3.8) is 0 Å². The first-order valence-corrected chi connectivity index (χ1v) is 9.71. The van der Waals surface area contributed by atoms with Crippen molar-refractivity contribution in [2.24, 2.45) is 34.0 Å². The van der Waals surface area contributed by atoms with Gasteiger partial charge in [-0.25, -0.2) is 0 Å². The van der Waals surface area contributed by atoms with Gasteiger partial charge in [-0.05, 0) is 73.5 Å². The molecule has 5 aliphatic carbocycles.